The highest BCUT2D eigenvalue weighted by atomic mass is 127. The number of nitrogens with one attached hydrogen (secondary N) is 2. The second-order valence-corrected chi connectivity index (χ2v) is 8.45. The molecule has 1 saturated heterocycles. The molecule has 0 spiro atoms. The molecule has 0 bridgehead atoms. The number of thioether (sulfide) groups is 1. The highest BCUT2D eigenvalue weighted by Gasteiger charge is 2.27. The van der Waals surface area contributed by atoms with Gasteiger partial charge in [-0.2, -0.15) is 11.8 Å². The summed E-state index contributed by atoms with van der Waals surface area (Å²) in [6.07, 6.45) is 7.05. The summed E-state index contributed by atoms with van der Waals surface area (Å²) in [4.78, 5) is 4.91. The van der Waals surface area contributed by atoms with Gasteiger partial charge in [0.05, 0.1) is 12.4 Å². The standard InChI is InChI=1S/C23H33N3O2S.HI/c1-18-7-9-19(10-8-18)22-20(5-3-15-28-22)17-26-23(25-13-16-29-2)24-12-11-21-6-4-14-27-21;/h4,6-10,14,20,22H,3,5,11-13,15-17H2,1-2H3,(H2,24,25,26);1H. The zero-order chi connectivity index (χ0) is 20.3. The minimum atomic E-state index is 0. The zero-order valence-corrected chi connectivity index (χ0v) is 21.1. The van der Waals surface area contributed by atoms with E-state index in [1.165, 1.54) is 11.1 Å². The number of benzene rings is 1. The summed E-state index contributed by atoms with van der Waals surface area (Å²) in [6, 6.07) is 12.7. The topological polar surface area (TPSA) is 58.8 Å². The lowest BCUT2D eigenvalue weighted by atomic mass is 9.89. The largest absolute Gasteiger partial charge is 0.469 e. The SMILES string of the molecule is CSCCNC(=NCC1CCCOC1c1ccc(C)cc1)NCCc1ccco1.I. The van der Waals surface area contributed by atoms with Crippen LogP contribution in [-0.4, -0.2) is 44.2 Å². The fourth-order valence-corrected chi connectivity index (χ4v) is 3.87. The summed E-state index contributed by atoms with van der Waals surface area (Å²) in [5, 5.41) is 6.90. The van der Waals surface area contributed by atoms with Gasteiger partial charge in [0.1, 0.15) is 5.76 Å². The third-order valence-corrected chi connectivity index (χ3v) is 5.79. The quantitative estimate of drug-likeness (QED) is 0.206. The van der Waals surface area contributed by atoms with E-state index in [2.05, 4.69) is 48.1 Å². The predicted octanol–water partition coefficient (Wildman–Crippen LogP) is 4.81. The smallest absolute Gasteiger partial charge is 0.191 e. The Morgan fingerprint density at radius 2 is 1.97 bits per heavy atom. The fraction of sp³-hybridized carbons (Fsp3) is 0.522. The molecule has 30 heavy (non-hydrogen) atoms. The fourth-order valence-electron chi connectivity index (χ4n) is 3.57. The highest BCUT2D eigenvalue weighted by molar-refractivity contribution is 14.0. The molecule has 7 heteroatoms. The van der Waals surface area contributed by atoms with Crippen LogP contribution >= 0.6 is 35.7 Å². The number of nitrogens with zero attached hydrogens (tertiary/aromatic N) is 1. The second kappa shape index (κ2) is 14.0. The van der Waals surface area contributed by atoms with E-state index >= 15 is 0 Å². The normalized spacial score (nSPS) is 19.2. The number of rotatable bonds is 9. The first-order chi connectivity index (χ1) is 14.3. The van der Waals surface area contributed by atoms with Gasteiger partial charge in [-0.1, -0.05) is 29.8 Å². The zero-order valence-electron chi connectivity index (χ0n) is 17.9. The van der Waals surface area contributed by atoms with Gasteiger partial charge in [-0.15, -0.1) is 24.0 Å². The minimum absolute atomic E-state index is 0. The molecular formula is C23H34IN3O2S. The van der Waals surface area contributed by atoms with Gasteiger partial charge in [-0.3, -0.25) is 4.99 Å². The average molecular weight is 544 g/mol. The van der Waals surface area contributed by atoms with E-state index in [1.807, 2.05) is 23.9 Å². The van der Waals surface area contributed by atoms with Crippen LogP contribution in [0.1, 0.15) is 35.8 Å². The molecule has 1 aromatic carbocycles. The van der Waals surface area contributed by atoms with Gasteiger partial charge in [0, 0.05) is 44.3 Å². The third kappa shape index (κ3) is 8.15. The van der Waals surface area contributed by atoms with Crippen molar-refractivity contribution in [2.24, 2.45) is 10.9 Å². The molecule has 2 heterocycles. The van der Waals surface area contributed by atoms with Gasteiger partial charge >= 0.3 is 0 Å². The molecule has 2 unspecified atom stereocenters. The molecule has 2 N–H and O–H groups in total. The molecule has 2 aromatic rings. The molecule has 1 fully saturated rings. The number of furan rings is 1. The number of ether oxygens (including phenoxy) is 1. The monoisotopic (exact) mass is 543 g/mol. The number of aliphatic imine (C=N–C) groups is 1. The number of aryl methyl sites for hydroxylation is 1. The van der Waals surface area contributed by atoms with E-state index < -0.39 is 0 Å². The maximum absolute atomic E-state index is 6.15. The van der Waals surface area contributed by atoms with E-state index in [9.17, 15) is 0 Å². The third-order valence-electron chi connectivity index (χ3n) is 5.18. The Morgan fingerprint density at radius 1 is 1.17 bits per heavy atom. The molecule has 0 amide bonds. The van der Waals surface area contributed by atoms with Crippen molar-refractivity contribution >= 4 is 41.7 Å². The van der Waals surface area contributed by atoms with Crippen molar-refractivity contribution < 1.29 is 9.15 Å². The molecule has 1 aliphatic heterocycles. The van der Waals surface area contributed by atoms with Crippen LogP contribution in [0.2, 0.25) is 0 Å². The number of hydrogen-bond acceptors (Lipinski definition) is 4. The lowest BCUT2D eigenvalue weighted by molar-refractivity contribution is -0.0250. The molecule has 1 aromatic heterocycles. The minimum Gasteiger partial charge on any atom is -0.469 e. The Balaban J connectivity index is 0.00000320. The summed E-state index contributed by atoms with van der Waals surface area (Å²) >= 11 is 1.83. The van der Waals surface area contributed by atoms with E-state index in [0.29, 0.717) is 5.92 Å². The van der Waals surface area contributed by atoms with Crippen LogP contribution in [0.4, 0.5) is 0 Å². The first-order valence-electron chi connectivity index (χ1n) is 10.5. The lowest BCUT2D eigenvalue weighted by Gasteiger charge is -2.31. The second-order valence-electron chi connectivity index (χ2n) is 7.47. The van der Waals surface area contributed by atoms with Crippen LogP contribution in [0, 0.1) is 12.8 Å². The summed E-state index contributed by atoms with van der Waals surface area (Å²) < 4.78 is 11.6. The van der Waals surface area contributed by atoms with E-state index in [4.69, 9.17) is 14.1 Å². The van der Waals surface area contributed by atoms with Gasteiger partial charge in [0.15, 0.2) is 5.96 Å². The van der Waals surface area contributed by atoms with Crippen LogP contribution in [0.5, 0.6) is 0 Å². The van der Waals surface area contributed by atoms with Gasteiger partial charge in [0.25, 0.3) is 0 Å². The van der Waals surface area contributed by atoms with Crippen LogP contribution in [0.3, 0.4) is 0 Å². The van der Waals surface area contributed by atoms with Gasteiger partial charge in [0.2, 0.25) is 0 Å². The van der Waals surface area contributed by atoms with Crippen molar-refractivity contribution in [1.82, 2.24) is 10.6 Å². The first kappa shape index (κ1) is 25.1. The maximum Gasteiger partial charge on any atom is 0.191 e. The van der Waals surface area contributed by atoms with E-state index in [0.717, 1.165) is 63.0 Å². The summed E-state index contributed by atoms with van der Waals surface area (Å²) in [7, 11) is 0. The average Bonchev–Trinajstić information content (AvgIpc) is 3.26. The van der Waals surface area contributed by atoms with Gasteiger partial charge in [-0.05, 0) is 43.7 Å². The molecule has 2 atom stereocenters. The Kier molecular flexibility index (Phi) is 11.7. The van der Waals surface area contributed by atoms with Crippen LogP contribution in [0.25, 0.3) is 0 Å². The van der Waals surface area contributed by atoms with Crippen molar-refractivity contribution in [3.63, 3.8) is 0 Å². The van der Waals surface area contributed by atoms with E-state index in [1.54, 1.807) is 6.26 Å². The summed E-state index contributed by atoms with van der Waals surface area (Å²) in [5.74, 6) is 3.31. The van der Waals surface area contributed by atoms with Crippen LogP contribution in [-0.2, 0) is 11.2 Å². The molecule has 0 aliphatic carbocycles. The van der Waals surface area contributed by atoms with Crippen molar-refractivity contribution in [3.8, 4) is 0 Å². The van der Waals surface area contributed by atoms with Crippen molar-refractivity contribution in [2.45, 2.75) is 32.3 Å². The predicted molar refractivity (Wildman–Crippen MR) is 137 cm³/mol. The summed E-state index contributed by atoms with van der Waals surface area (Å²) in [5.41, 5.74) is 2.54. The Labute approximate surface area is 201 Å². The molecule has 0 radical (unpaired) electrons. The molecule has 166 valence electrons. The van der Waals surface area contributed by atoms with Crippen LogP contribution < -0.4 is 10.6 Å². The molecule has 5 nitrogen and oxygen atoms in total. The number of hydrogen-bond donors (Lipinski definition) is 2. The van der Waals surface area contributed by atoms with Crippen molar-refractivity contribution in [1.29, 1.82) is 0 Å². The Bertz CT molecular complexity index is 737. The van der Waals surface area contributed by atoms with Gasteiger partial charge < -0.3 is 19.8 Å². The Hall–Kier alpha value is -1.19. The van der Waals surface area contributed by atoms with Gasteiger partial charge in [-0.25, -0.2) is 0 Å². The highest BCUT2D eigenvalue weighted by Crippen LogP contribution is 2.33. The first-order valence-corrected chi connectivity index (χ1v) is 11.9. The number of halogens is 1. The van der Waals surface area contributed by atoms with E-state index in [-0.39, 0.29) is 30.1 Å². The molecule has 0 saturated carbocycles. The van der Waals surface area contributed by atoms with Crippen molar-refractivity contribution in [2.75, 3.05) is 38.2 Å². The van der Waals surface area contributed by atoms with Crippen molar-refractivity contribution in [3.05, 3.63) is 59.5 Å². The molecule has 3 rings (SSSR count). The lowest BCUT2D eigenvalue weighted by Crippen LogP contribution is -2.40. The number of guanidine groups is 1. The molecule has 1 aliphatic rings. The maximum atomic E-state index is 6.15. The Morgan fingerprint density at radius 3 is 2.70 bits per heavy atom. The molecular weight excluding hydrogens is 509 g/mol. The summed E-state index contributed by atoms with van der Waals surface area (Å²) in [6.45, 7) is 5.40. The van der Waals surface area contributed by atoms with Crippen LogP contribution in [0.15, 0.2) is 52.1 Å².